The molecule has 1 aliphatic carbocycles. The second-order valence-corrected chi connectivity index (χ2v) is 6.45. The highest BCUT2D eigenvalue weighted by Crippen LogP contribution is 2.72. The summed E-state index contributed by atoms with van der Waals surface area (Å²) in [6.07, 6.45) is 2.88. The average molecular weight is 251 g/mol. The van der Waals surface area contributed by atoms with Gasteiger partial charge in [0.1, 0.15) is 0 Å². The zero-order chi connectivity index (χ0) is 13.6. The van der Waals surface area contributed by atoms with Gasteiger partial charge in [0.05, 0.1) is 17.9 Å². The fraction of sp³-hybridized carbons (Fsp3) is 0.846. The van der Waals surface area contributed by atoms with E-state index in [0.717, 1.165) is 18.7 Å². The Morgan fingerprint density at radius 1 is 1.39 bits per heavy atom. The number of hydrogen-bond acceptors (Lipinski definition) is 4. The van der Waals surface area contributed by atoms with Gasteiger partial charge < -0.3 is 0 Å². The molecule has 0 saturated heterocycles. The van der Waals surface area contributed by atoms with Crippen molar-refractivity contribution in [3.05, 3.63) is 11.9 Å². The Bertz CT molecular complexity index is 407. The molecule has 0 bridgehead atoms. The van der Waals surface area contributed by atoms with Crippen molar-refractivity contribution in [3.63, 3.8) is 0 Å². The Morgan fingerprint density at radius 3 is 2.44 bits per heavy atom. The fourth-order valence-electron chi connectivity index (χ4n) is 3.33. The third kappa shape index (κ3) is 1.77. The van der Waals surface area contributed by atoms with Gasteiger partial charge in [-0.15, -0.1) is 5.10 Å². The van der Waals surface area contributed by atoms with Crippen LogP contribution in [-0.2, 0) is 6.54 Å². The molecule has 3 N–H and O–H groups in total. The van der Waals surface area contributed by atoms with Crippen molar-refractivity contribution in [2.75, 3.05) is 0 Å². The minimum atomic E-state index is 0.122. The molecule has 5 heteroatoms. The Morgan fingerprint density at radius 2 is 2.00 bits per heavy atom. The summed E-state index contributed by atoms with van der Waals surface area (Å²) in [6, 6.07) is 0.122. The van der Waals surface area contributed by atoms with Crippen molar-refractivity contribution >= 4 is 0 Å². The predicted octanol–water partition coefficient (Wildman–Crippen LogP) is 1.87. The number of hydrogen-bond donors (Lipinski definition) is 2. The highest BCUT2D eigenvalue weighted by molar-refractivity contribution is 5.21. The molecular formula is C13H25N5. The van der Waals surface area contributed by atoms with Crippen LogP contribution in [-0.4, -0.2) is 15.0 Å². The van der Waals surface area contributed by atoms with Gasteiger partial charge in [0.25, 0.3) is 0 Å². The van der Waals surface area contributed by atoms with Crippen LogP contribution in [0.1, 0.15) is 52.8 Å². The summed E-state index contributed by atoms with van der Waals surface area (Å²) in [5, 5.41) is 8.18. The molecule has 0 spiro atoms. The highest BCUT2D eigenvalue weighted by Gasteiger charge is 2.67. The van der Waals surface area contributed by atoms with Gasteiger partial charge in [-0.1, -0.05) is 39.8 Å². The van der Waals surface area contributed by atoms with Gasteiger partial charge in [-0.25, -0.2) is 4.68 Å². The maximum Gasteiger partial charge on any atom is 0.0773 e. The van der Waals surface area contributed by atoms with Crippen molar-refractivity contribution < 1.29 is 0 Å². The molecule has 18 heavy (non-hydrogen) atoms. The van der Waals surface area contributed by atoms with Crippen molar-refractivity contribution in [2.24, 2.45) is 22.6 Å². The van der Waals surface area contributed by atoms with E-state index in [0.29, 0.717) is 5.92 Å². The molecule has 1 heterocycles. The topological polar surface area (TPSA) is 68.8 Å². The molecule has 2 rings (SSSR count). The third-order valence-electron chi connectivity index (χ3n) is 5.05. The maximum absolute atomic E-state index is 5.79. The van der Waals surface area contributed by atoms with Gasteiger partial charge in [0.2, 0.25) is 0 Å². The summed E-state index contributed by atoms with van der Waals surface area (Å²) in [7, 11) is 0. The SMILES string of the molecule is CCCn1nncc1C(NN)C1C(C)(C)C1(C)C. The molecule has 0 aliphatic heterocycles. The molecule has 1 aliphatic rings. The van der Waals surface area contributed by atoms with E-state index in [1.165, 1.54) is 0 Å². The quantitative estimate of drug-likeness (QED) is 0.619. The first-order valence-electron chi connectivity index (χ1n) is 6.72. The van der Waals surface area contributed by atoms with Crippen LogP contribution >= 0.6 is 0 Å². The molecule has 0 amide bonds. The van der Waals surface area contributed by atoms with Crippen LogP contribution in [0.4, 0.5) is 0 Å². The molecular weight excluding hydrogens is 226 g/mol. The first-order valence-corrected chi connectivity index (χ1v) is 6.72. The molecule has 5 nitrogen and oxygen atoms in total. The molecule has 1 aromatic heterocycles. The zero-order valence-electron chi connectivity index (χ0n) is 12.1. The van der Waals surface area contributed by atoms with Crippen LogP contribution in [0.25, 0.3) is 0 Å². The summed E-state index contributed by atoms with van der Waals surface area (Å²) in [5.74, 6) is 6.30. The van der Waals surface area contributed by atoms with Crippen molar-refractivity contribution in [1.29, 1.82) is 0 Å². The molecule has 1 aromatic rings. The number of nitrogens with two attached hydrogens (primary N) is 1. The molecule has 1 unspecified atom stereocenters. The van der Waals surface area contributed by atoms with Crippen molar-refractivity contribution in [1.82, 2.24) is 20.4 Å². The lowest BCUT2D eigenvalue weighted by molar-refractivity contribution is 0.385. The van der Waals surface area contributed by atoms with E-state index in [1.807, 2.05) is 10.9 Å². The smallest absolute Gasteiger partial charge is 0.0773 e. The van der Waals surface area contributed by atoms with Gasteiger partial charge in [-0.3, -0.25) is 11.3 Å². The number of aromatic nitrogens is 3. The van der Waals surface area contributed by atoms with Crippen molar-refractivity contribution in [2.45, 2.75) is 53.6 Å². The van der Waals surface area contributed by atoms with E-state index in [2.05, 4.69) is 50.4 Å². The summed E-state index contributed by atoms with van der Waals surface area (Å²) in [5.41, 5.74) is 4.64. The molecule has 102 valence electrons. The Kier molecular flexibility index (Phi) is 3.23. The zero-order valence-corrected chi connectivity index (χ0v) is 12.1. The number of nitrogens with one attached hydrogen (secondary N) is 1. The standard InChI is InChI=1S/C13H25N5/c1-6-7-18-9(8-15-17-18)10(16-14)11-12(2,3)13(11,4)5/h8,10-11,16H,6-7,14H2,1-5H3. The minimum Gasteiger partial charge on any atom is -0.271 e. The van der Waals surface area contributed by atoms with Gasteiger partial charge >= 0.3 is 0 Å². The van der Waals surface area contributed by atoms with Crippen LogP contribution in [0.5, 0.6) is 0 Å². The molecule has 1 atom stereocenters. The number of rotatable bonds is 5. The Hall–Kier alpha value is -0.940. The molecule has 0 aromatic carbocycles. The largest absolute Gasteiger partial charge is 0.271 e. The van der Waals surface area contributed by atoms with Gasteiger partial charge in [-0.2, -0.15) is 0 Å². The number of aryl methyl sites for hydroxylation is 1. The first-order chi connectivity index (χ1) is 8.37. The Labute approximate surface area is 109 Å². The number of hydrazine groups is 1. The fourth-order valence-corrected chi connectivity index (χ4v) is 3.33. The summed E-state index contributed by atoms with van der Waals surface area (Å²) in [4.78, 5) is 0. The summed E-state index contributed by atoms with van der Waals surface area (Å²) >= 11 is 0. The predicted molar refractivity (Wildman–Crippen MR) is 71.4 cm³/mol. The summed E-state index contributed by atoms with van der Waals surface area (Å²) in [6.45, 7) is 12.2. The van der Waals surface area contributed by atoms with Gasteiger partial charge in [0.15, 0.2) is 0 Å². The molecule has 1 fully saturated rings. The lowest BCUT2D eigenvalue weighted by Gasteiger charge is -2.18. The Balaban J connectivity index is 2.28. The van der Waals surface area contributed by atoms with E-state index < -0.39 is 0 Å². The highest BCUT2D eigenvalue weighted by atomic mass is 15.4. The molecule has 0 radical (unpaired) electrons. The summed E-state index contributed by atoms with van der Waals surface area (Å²) < 4.78 is 1.97. The normalized spacial score (nSPS) is 23.0. The van der Waals surface area contributed by atoms with Crippen LogP contribution in [0.3, 0.4) is 0 Å². The van der Waals surface area contributed by atoms with Crippen LogP contribution in [0.2, 0.25) is 0 Å². The van der Waals surface area contributed by atoms with E-state index >= 15 is 0 Å². The number of nitrogens with zero attached hydrogens (tertiary/aromatic N) is 3. The lowest BCUT2D eigenvalue weighted by atomic mass is 10.0. The lowest BCUT2D eigenvalue weighted by Crippen LogP contribution is -2.33. The van der Waals surface area contributed by atoms with Gasteiger partial charge in [-0.05, 0) is 23.2 Å². The van der Waals surface area contributed by atoms with Crippen LogP contribution in [0, 0.1) is 16.7 Å². The maximum atomic E-state index is 5.79. The van der Waals surface area contributed by atoms with E-state index in [9.17, 15) is 0 Å². The van der Waals surface area contributed by atoms with Crippen LogP contribution < -0.4 is 11.3 Å². The second-order valence-electron chi connectivity index (χ2n) is 6.45. The van der Waals surface area contributed by atoms with E-state index in [1.54, 1.807) is 0 Å². The monoisotopic (exact) mass is 251 g/mol. The third-order valence-corrected chi connectivity index (χ3v) is 5.05. The average Bonchev–Trinajstić information content (AvgIpc) is 2.68. The minimum absolute atomic E-state index is 0.122. The van der Waals surface area contributed by atoms with Crippen LogP contribution in [0.15, 0.2) is 6.20 Å². The van der Waals surface area contributed by atoms with E-state index in [-0.39, 0.29) is 16.9 Å². The first kappa shape index (κ1) is 13.5. The molecule has 1 saturated carbocycles. The van der Waals surface area contributed by atoms with E-state index in [4.69, 9.17) is 5.84 Å². The van der Waals surface area contributed by atoms with Crippen molar-refractivity contribution in [3.8, 4) is 0 Å². The second kappa shape index (κ2) is 4.31. The van der Waals surface area contributed by atoms with Gasteiger partial charge in [0, 0.05) is 6.54 Å².